The summed E-state index contributed by atoms with van der Waals surface area (Å²) in [7, 11) is -7.19. The van der Waals surface area contributed by atoms with Gasteiger partial charge in [-0.05, 0) is 24.3 Å². The number of anilines is 1. The minimum Gasteiger partial charge on any atom is -0.263 e. The summed E-state index contributed by atoms with van der Waals surface area (Å²) in [5.41, 5.74) is 1.97. The Morgan fingerprint density at radius 1 is 0.929 bits per heavy atom. The molecule has 0 amide bonds. The minimum atomic E-state index is -3.60. The number of hydrogen-bond acceptors (Lipinski definition) is 8. The first-order valence-corrected chi connectivity index (χ1v) is 11.7. The van der Waals surface area contributed by atoms with Gasteiger partial charge in [0.2, 0.25) is 31.0 Å². The van der Waals surface area contributed by atoms with Crippen LogP contribution in [-0.4, -0.2) is 53.7 Å². The van der Waals surface area contributed by atoms with Gasteiger partial charge in [0, 0.05) is 35.8 Å². The van der Waals surface area contributed by atoms with Crippen LogP contribution in [0.25, 0.3) is 27.8 Å². The molecule has 4 aromatic rings. The van der Waals surface area contributed by atoms with Crippen molar-refractivity contribution < 1.29 is 16.8 Å². The smallest absolute Gasteiger partial charge is 0.247 e. The van der Waals surface area contributed by atoms with Crippen molar-refractivity contribution >= 4 is 42.4 Å². The van der Waals surface area contributed by atoms with Gasteiger partial charge in [0.15, 0.2) is 0 Å². The Labute approximate surface area is 160 Å². The number of sulfone groups is 1. The molecule has 1 N–H and O–H groups in total. The minimum absolute atomic E-state index is 0.0624. The first-order chi connectivity index (χ1) is 13.1. The normalized spacial score (nSPS) is 12.5. The molecule has 0 fully saturated rings. The number of rotatable bonds is 4. The third-order valence-electron chi connectivity index (χ3n) is 3.90. The monoisotopic (exact) mass is 418 g/mol. The lowest BCUT2D eigenvalue weighted by atomic mass is 10.1. The molecule has 28 heavy (non-hydrogen) atoms. The van der Waals surface area contributed by atoms with Crippen LogP contribution in [0.15, 0.2) is 48.0 Å². The van der Waals surface area contributed by atoms with Gasteiger partial charge in [0.25, 0.3) is 0 Å². The standard InChI is InChI=1S/C16H14N6O4S2/c1-27(23,24)16-19-8-5-11(20-16)13-10-4-3-7-17-14(10)22-12(13)6-9-18-15(22)21-28(2,25)26/h3-9H,1-2H3,(H,18,21). The third kappa shape index (κ3) is 3.16. The quantitative estimate of drug-likeness (QED) is 0.487. The second-order valence-electron chi connectivity index (χ2n) is 6.11. The van der Waals surface area contributed by atoms with Crippen LogP contribution in [-0.2, 0) is 19.9 Å². The van der Waals surface area contributed by atoms with Gasteiger partial charge in [-0.15, -0.1) is 0 Å². The lowest BCUT2D eigenvalue weighted by molar-refractivity contribution is 0.593. The first-order valence-electron chi connectivity index (χ1n) is 7.90. The van der Waals surface area contributed by atoms with E-state index >= 15 is 0 Å². The summed E-state index contributed by atoms with van der Waals surface area (Å²) in [4.78, 5) is 16.5. The number of aromatic nitrogens is 5. The lowest BCUT2D eigenvalue weighted by Crippen LogP contribution is -2.14. The number of nitrogens with zero attached hydrogens (tertiary/aromatic N) is 5. The van der Waals surface area contributed by atoms with E-state index in [1.54, 1.807) is 34.9 Å². The fourth-order valence-electron chi connectivity index (χ4n) is 2.91. The van der Waals surface area contributed by atoms with Gasteiger partial charge in [-0.1, -0.05) is 0 Å². The topological polar surface area (TPSA) is 136 Å². The number of nitrogens with one attached hydrogen (secondary N) is 1. The van der Waals surface area contributed by atoms with Crippen molar-refractivity contribution in [3.05, 3.63) is 42.9 Å². The number of fused-ring (bicyclic) bond motifs is 3. The second kappa shape index (κ2) is 6.21. The molecule has 0 unspecified atom stereocenters. The van der Waals surface area contributed by atoms with Crippen molar-refractivity contribution in [1.82, 2.24) is 24.3 Å². The predicted molar refractivity (Wildman–Crippen MR) is 103 cm³/mol. The van der Waals surface area contributed by atoms with Gasteiger partial charge >= 0.3 is 0 Å². The second-order valence-corrected chi connectivity index (χ2v) is 9.77. The van der Waals surface area contributed by atoms with E-state index in [2.05, 4.69) is 24.7 Å². The van der Waals surface area contributed by atoms with Crippen LogP contribution in [0.5, 0.6) is 0 Å². The maximum absolute atomic E-state index is 11.9. The fourth-order valence-corrected chi connectivity index (χ4v) is 3.90. The third-order valence-corrected chi connectivity index (χ3v) is 5.32. The van der Waals surface area contributed by atoms with Gasteiger partial charge < -0.3 is 0 Å². The van der Waals surface area contributed by atoms with Crippen molar-refractivity contribution in [1.29, 1.82) is 0 Å². The molecule has 0 radical (unpaired) electrons. The van der Waals surface area contributed by atoms with Gasteiger partial charge in [0.1, 0.15) is 5.65 Å². The van der Waals surface area contributed by atoms with E-state index < -0.39 is 19.9 Å². The molecule has 0 spiro atoms. The summed E-state index contributed by atoms with van der Waals surface area (Å²) in [6, 6.07) is 6.77. The molecule has 0 bridgehead atoms. The molecule has 144 valence electrons. The Kier molecular flexibility index (Phi) is 4.05. The molecule has 0 aromatic carbocycles. The summed E-state index contributed by atoms with van der Waals surface area (Å²) < 4.78 is 51.1. The van der Waals surface area contributed by atoms with Crippen LogP contribution in [0.4, 0.5) is 5.95 Å². The SMILES string of the molecule is CS(=O)(=O)Nc1nccc2c(-c3ccnc(S(C)(=O)=O)n3)c3cccnc3n12. The molecular formula is C16H14N6O4S2. The summed E-state index contributed by atoms with van der Waals surface area (Å²) in [5.74, 6) is 0.0624. The van der Waals surface area contributed by atoms with Crippen molar-refractivity contribution in [2.75, 3.05) is 17.2 Å². The van der Waals surface area contributed by atoms with E-state index in [1.165, 1.54) is 12.4 Å². The first kappa shape index (κ1) is 18.3. The Morgan fingerprint density at radius 3 is 2.39 bits per heavy atom. The largest absolute Gasteiger partial charge is 0.263 e. The Bertz CT molecular complexity index is 1440. The molecule has 4 heterocycles. The van der Waals surface area contributed by atoms with Crippen LogP contribution >= 0.6 is 0 Å². The van der Waals surface area contributed by atoms with Crippen LogP contribution < -0.4 is 4.72 Å². The summed E-state index contributed by atoms with van der Waals surface area (Å²) in [6.45, 7) is 0. The molecule has 4 rings (SSSR count). The van der Waals surface area contributed by atoms with E-state index in [0.29, 0.717) is 27.8 Å². The van der Waals surface area contributed by atoms with E-state index in [0.717, 1.165) is 12.5 Å². The van der Waals surface area contributed by atoms with Crippen molar-refractivity contribution in [2.24, 2.45) is 0 Å². The van der Waals surface area contributed by atoms with Crippen molar-refractivity contribution in [2.45, 2.75) is 5.16 Å². The molecule has 0 aliphatic heterocycles. The van der Waals surface area contributed by atoms with E-state index in [-0.39, 0.29) is 11.1 Å². The predicted octanol–water partition coefficient (Wildman–Crippen LogP) is 1.11. The summed E-state index contributed by atoms with van der Waals surface area (Å²) in [6.07, 6.45) is 6.43. The molecule has 12 heteroatoms. The molecular weight excluding hydrogens is 404 g/mol. The molecule has 0 saturated heterocycles. The van der Waals surface area contributed by atoms with Crippen LogP contribution in [0.1, 0.15) is 0 Å². The van der Waals surface area contributed by atoms with E-state index in [1.807, 2.05) is 0 Å². The lowest BCUT2D eigenvalue weighted by Gasteiger charge is -2.07. The maximum atomic E-state index is 11.9. The highest BCUT2D eigenvalue weighted by atomic mass is 32.2. The molecule has 0 aliphatic carbocycles. The molecule has 0 aliphatic rings. The number of pyridine rings is 1. The summed E-state index contributed by atoms with van der Waals surface area (Å²) >= 11 is 0. The average Bonchev–Trinajstić information content (AvgIpc) is 2.95. The molecule has 10 nitrogen and oxygen atoms in total. The maximum Gasteiger partial charge on any atom is 0.247 e. The van der Waals surface area contributed by atoms with Gasteiger partial charge in [-0.3, -0.25) is 9.12 Å². The zero-order valence-electron chi connectivity index (χ0n) is 14.7. The van der Waals surface area contributed by atoms with Gasteiger partial charge in [-0.2, -0.15) is 0 Å². The molecule has 4 aromatic heterocycles. The Balaban J connectivity index is 2.11. The highest BCUT2D eigenvalue weighted by Gasteiger charge is 2.21. The van der Waals surface area contributed by atoms with Crippen LogP contribution in [0, 0.1) is 0 Å². The molecule has 0 saturated carbocycles. The van der Waals surface area contributed by atoms with Gasteiger partial charge in [-0.25, -0.2) is 36.8 Å². The highest BCUT2D eigenvalue weighted by molar-refractivity contribution is 7.92. The zero-order chi connectivity index (χ0) is 20.1. The van der Waals surface area contributed by atoms with E-state index in [9.17, 15) is 16.8 Å². The van der Waals surface area contributed by atoms with Gasteiger partial charge in [0.05, 0.1) is 17.5 Å². The summed E-state index contributed by atoms with van der Waals surface area (Å²) in [5, 5.41) is 0.357. The highest BCUT2D eigenvalue weighted by Crippen LogP contribution is 2.35. The zero-order valence-corrected chi connectivity index (χ0v) is 16.4. The average molecular weight is 418 g/mol. The van der Waals surface area contributed by atoms with E-state index in [4.69, 9.17) is 0 Å². The molecule has 0 atom stereocenters. The van der Waals surface area contributed by atoms with Crippen molar-refractivity contribution in [3.8, 4) is 11.3 Å². The fraction of sp³-hybridized carbons (Fsp3) is 0.125. The van der Waals surface area contributed by atoms with Crippen molar-refractivity contribution in [3.63, 3.8) is 0 Å². The number of hydrogen-bond donors (Lipinski definition) is 1. The number of sulfonamides is 1. The van der Waals surface area contributed by atoms with Crippen LogP contribution in [0.3, 0.4) is 0 Å². The Hall–Kier alpha value is -3.12. The Morgan fingerprint density at radius 2 is 1.68 bits per heavy atom. The van der Waals surface area contributed by atoms with Crippen LogP contribution in [0.2, 0.25) is 0 Å².